The van der Waals surface area contributed by atoms with E-state index in [9.17, 15) is 13.2 Å². The van der Waals surface area contributed by atoms with Crippen LogP contribution in [0.5, 0.6) is 11.5 Å². The standard InChI is InChI=1S/C46H59ClN8O4S/c1-31(11-14-47)39-25-45(2,3)13-10-34(39)28-54-16-18-55(19-17-54)35-6-8-38(42(21-35)59-36-20-33-12-15-49-43(33)51-27-36)44(56)53(5)60(57,58)37-7-9-41(40(48)22-37)50-26-32-23-46(24-32)29-52(4)30-46/h6-9,12,15,20-22,27,32,50H,1,10-11,13-14,16-19,23-26,28-30,48H2,2-5H3,(H,49,51). The highest BCUT2D eigenvalue weighted by atomic mass is 35.5. The molecule has 2 aromatic heterocycles. The number of nitrogen functional groups attached to an aromatic ring is 1. The maximum absolute atomic E-state index is 14.3. The van der Waals surface area contributed by atoms with Gasteiger partial charge in [-0.25, -0.2) is 17.7 Å². The number of amides is 1. The molecule has 8 rings (SSSR count). The number of sulfonamides is 1. The maximum Gasteiger partial charge on any atom is 0.271 e. The van der Waals surface area contributed by atoms with Crippen molar-refractivity contribution in [3.8, 4) is 11.5 Å². The number of H-pyrrole nitrogens is 1. The van der Waals surface area contributed by atoms with Crippen molar-refractivity contribution in [1.29, 1.82) is 0 Å². The Morgan fingerprint density at radius 3 is 2.58 bits per heavy atom. The van der Waals surface area contributed by atoms with E-state index in [1.807, 2.05) is 24.3 Å². The van der Waals surface area contributed by atoms with E-state index >= 15 is 0 Å². The van der Waals surface area contributed by atoms with Crippen LogP contribution in [0.2, 0.25) is 0 Å². The number of piperazine rings is 1. The van der Waals surface area contributed by atoms with Crippen molar-refractivity contribution in [2.24, 2.45) is 16.7 Å². The Hall–Kier alpha value is -4.56. The number of halogens is 1. The second-order valence-electron chi connectivity index (χ2n) is 18.5. The number of anilines is 3. The lowest BCUT2D eigenvalue weighted by molar-refractivity contribution is -0.0773. The van der Waals surface area contributed by atoms with E-state index in [-0.39, 0.29) is 21.6 Å². The molecule has 4 aliphatic rings. The number of hydrogen-bond acceptors (Lipinski definition) is 10. The fourth-order valence-electron chi connectivity index (χ4n) is 9.87. The first kappa shape index (κ1) is 42.1. The molecule has 60 heavy (non-hydrogen) atoms. The molecule has 0 radical (unpaired) electrons. The minimum atomic E-state index is -4.28. The van der Waals surface area contributed by atoms with Gasteiger partial charge in [-0.3, -0.25) is 9.69 Å². The van der Waals surface area contributed by atoms with Crippen molar-refractivity contribution in [3.63, 3.8) is 0 Å². The fourth-order valence-corrected chi connectivity index (χ4v) is 11.2. The van der Waals surface area contributed by atoms with Gasteiger partial charge in [0.1, 0.15) is 17.1 Å². The number of likely N-dealkylation sites (tertiary alicyclic amines) is 1. The normalized spacial score (nSPS) is 19.6. The van der Waals surface area contributed by atoms with Crippen molar-refractivity contribution >= 4 is 55.6 Å². The van der Waals surface area contributed by atoms with Crippen LogP contribution in [0.4, 0.5) is 17.1 Å². The van der Waals surface area contributed by atoms with Crippen LogP contribution in [0.15, 0.2) is 89.1 Å². The summed E-state index contributed by atoms with van der Waals surface area (Å²) in [7, 11) is -0.852. The average molecular weight is 856 g/mol. The molecule has 0 unspecified atom stereocenters. The number of ether oxygens (including phenoxy) is 1. The van der Waals surface area contributed by atoms with Crippen LogP contribution in [0.3, 0.4) is 0 Å². The summed E-state index contributed by atoms with van der Waals surface area (Å²) in [5.41, 5.74) is 13.9. The molecular formula is C46H59ClN8O4S. The van der Waals surface area contributed by atoms with Crippen LogP contribution in [0, 0.1) is 16.7 Å². The lowest BCUT2D eigenvalue weighted by Crippen LogP contribution is -2.61. The summed E-state index contributed by atoms with van der Waals surface area (Å²) < 4.78 is 35.2. The molecule has 0 atom stereocenters. The van der Waals surface area contributed by atoms with Crippen molar-refractivity contribution in [2.45, 2.75) is 57.3 Å². The Bertz CT molecular complexity index is 2410. The molecule has 4 N–H and O–H groups in total. The lowest BCUT2D eigenvalue weighted by Gasteiger charge is -2.58. The number of benzene rings is 2. The first-order chi connectivity index (χ1) is 28.6. The molecule has 4 heterocycles. The number of nitrogens with two attached hydrogens (primary N) is 1. The minimum absolute atomic E-state index is 0.0660. The summed E-state index contributed by atoms with van der Waals surface area (Å²) in [5.74, 6) is 1.08. The van der Waals surface area contributed by atoms with Crippen molar-refractivity contribution in [3.05, 3.63) is 89.8 Å². The number of rotatable bonds is 14. The van der Waals surface area contributed by atoms with E-state index in [1.165, 1.54) is 48.7 Å². The van der Waals surface area contributed by atoms with Gasteiger partial charge in [-0.05, 0) is 110 Å². The third-order valence-corrected chi connectivity index (χ3v) is 15.1. The number of nitrogens with one attached hydrogen (secondary N) is 2. The van der Waals surface area contributed by atoms with Crippen LogP contribution in [-0.4, -0.2) is 111 Å². The number of aromatic amines is 1. The topological polar surface area (TPSA) is 140 Å². The molecule has 2 aromatic carbocycles. The van der Waals surface area contributed by atoms with Gasteiger partial charge in [0.2, 0.25) is 0 Å². The first-order valence-corrected chi connectivity index (χ1v) is 23.1. The third-order valence-electron chi connectivity index (χ3n) is 13.2. The van der Waals surface area contributed by atoms with Gasteiger partial charge in [0.25, 0.3) is 15.9 Å². The second kappa shape index (κ2) is 16.7. The maximum atomic E-state index is 14.3. The number of carbonyl (C=O) groups is 1. The highest BCUT2D eigenvalue weighted by molar-refractivity contribution is 7.89. The van der Waals surface area contributed by atoms with Crippen LogP contribution in [-0.2, 0) is 10.0 Å². The molecule has 1 saturated carbocycles. The smallest absolute Gasteiger partial charge is 0.271 e. The molecule has 4 aromatic rings. The van der Waals surface area contributed by atoms with Crippen LogP contribution >= 0.6 is 11.6 Å². The summed E-state index contributed by atoms with van der Waals surface area (Å²) in [4.78, 5) is 28.9. The Morgan fingerprint density at radius 1 is 1.10 bits per heavy atom. The van der Waals surface area contributed by atoms with E-state index in [2.05, 4.69) is 57.5 Å². The molecular weight excluding hydrogens is 796 g/mol. The van der Waals surface area contributed by atoms with Crippen molar-refractivity contribution in [1.82, 2.24) is 24.1 Å². The molecule has 3 fully saturated rings. The van der Waals surface area contributed by atoms with E-state index < -0.39 is 15.9 Å². The highest BCUT2D eigenvalue weighted by Crippen LogP contribution is 2.51. The molecule has 1 amide bonds. The quantitative estimate of drug-likeness (QED) is 0.0846. The van der Waals surface area contributed by atoms with E-state index in [0.29, 0.717) is 40.0 Å². The zero-order valence-corrected chi connectivity index (χ0v) is 37.0. The molecule has 2 aliphatic carbocycles. The third kappa shape index (κ3) is 8.77. The number of fused-ring (bicyclic) bond motifs is 1. The Morgan fingerprint density at radius 2 is 1.87 bits per heavy atom. The molecule has 12 nitrogen and oxygen atoms in total. The molecule has 2 saturated heterocycles. The number of pyridine rings is 1. The predicted octanol–water partition coefficient (Wildman–Crippen LogP) is 7.97. The summed E-state index contributed by atoms with van der Waals surface area (Å²) in [5, 5.41) is 4.26. The van der Waals surface area contributed by atoms with E-state index in [4.69, 9.17) is 22.1 Å². The number of aromatic nitrogens is 2. The predicted molar refractivity (Wildman–Crippen MR) is 242 cm³/mol. The van der Waals surface area contributed by atoms with Crippen molar-refractivity contribution in [2.75, 3.05) is 88.3 Å². The van der Waals surface area contributed by atoms with Gasteiger partial charge < -0.3 is 30.6 Å². The highest BCUT2D eigenvalue weighted by Gasteiger charge is 2.50. The van der Waals surface area contributed by atoms with E-state index in [1.54, 1.807) is 24.5 Å². The Balaban J connectivity index is 0.979. The van der Waals surface area contributed by atoms with Crippen LogP contribution < -0.4 is 20.7 Å². The van der Waals surface area contributed by atoms with Gasteiger partial charge in [0.05, 0.1) is 28.0 Å². The Labute approximate surface area is 359 Å². The van der Waals surface area contributed by atoms with Gasteiger partial charge in [0.15, 0.2) is 0 Å². The summed E-state index contributed by atoms with van der Waals surface area (Å²) in [6.45, 7) is 16.4. The molecule has 14 heteroatoms. The number of nitrogens with zero attached hydrogens (tertiary/aromatic N) is 5. The van der Waals surface area contributed by atoms with Gasteiger partial charge in [-0.1, -0.05) is 31.6 Å². The number of alkyl halides is 1. The average Bonchev–Trinajstić information content (AvgIpc) is 3.67. The number of allylic oxidation sites excluding steroid dienone is 2. The van der Waals surface area contributed by atoms with Gasteiger partial charge in [0, 0.05) is 88.6 Å². The van der Waals surface area contributed by atoms with Crippen LogP contribution in [0.25, 0.3) is 11.0 Å². The summed E-state index contributed by atoms with van der Waals surface area (Å²) >= 11 is 6.14. The molecule has 320 valence electrons. The Kier molecular flexibility index (Phi) is 11.7. The summed E-state index contributed by atoms with van der Waals surface area (Å²) in [6, 6.07) is 13.7. The zero-order chi connectivity index (χ0) is 42.4. The van der Waals surface area contributed by atoms with Gasteiger partial charge in [-0.2, -0.15) is 0 Å². The van der Waals surface area contributed by atoms with Gasteiger partial charge >= 0.3 is 0 Å². The SMILES string of the molecule is C=C(CCCl)C1=C(CN2CCN(c3ccc(C(=O)N(C)S(=O)(=O)c4ccc(NCC5CC6(C5)CN(C)C6)c(N)c4)c(Oc4cnc5[nH]ccc5c4)c3)CC2)CCC(C)(C)C1. The lowest BCUT2D eigenvalue weighted by atomic mass is 9.58. The molecule has 0 bridgehead atoms. The minimum Gasteiger partial charge on any atom is -0.455 e. The number of hydrogen-bond donors (Lipinski definition) is 3. The molecule has 1 spiro atoms. The molecule has 2 aliphatic heterocycles. The fraction of sp³-hybridized carbons (Fsp3) is 0.478. The van der Waals surface area contributed by atoms with Crippen LogP contribution in [0.1, 0.15) is 62.7 Å². The first-order valence-electron chi connectivity index (χ1n) is 21.1. The largest absolute Gasteiger partial charge is 0.455 e. The zero-order valence-electron chi connectivity index (χ0n) is 35.4. The summed E-state index contributed by atoms with van der Waals surface area (Å²) in [6.07, 6.45) is 9.84. The monoisotopic (exact) mass is 854 g/mol. The van der Waals surface area contributed by atoms with Crippen molar-refractivity contribution < 1.29 is 17.9 Å². The number of carbonyl (C=O) groups excluding carboxylic acids is 1. The van der Waals surface area contributed by atoms with Gasteiger partial charge in [-0.15, -0.1) is 11.6 Å². The second-order valence-corrected chi connectivity index (χ2v) is 20.8. The van der Waals surface area contributed by atoms with E-state index in [0.717, 1.165) is 93.4 Å².